The highest BCUT2D eigenvalue weighted by Gasteiger charge is 2.22. The van der Waals surface area contributed by atoms with Gasteiger partial charge in [0.2, 0.25) is 5.88 Å². The standard InChI is InChI=1S/C13H11F2N3OS2/c1-3-6-18-11-8(15)5-4-7(14)9(11)10(12(18)19)16-17-13(20)21-2/h3-5,19H,1,6H2,2H3. The Morgan fingerprint density at radius 3 is 2.76 bits per heavy atom. The molecule has 110 valence electrons. The Morgan fingerprint density at radius 2 is 2.14 bits per heavy atom. The first-order chi connectivity index (χ1) is 10.0. The zero-order valence-electron chi connectivity index (χ0n) is 11.0. The lowest BCUT2D eigenvalue weighted by Crippen LogP contribution is -1.96. The molecule has 1 aromatic heterocycles. The number of hydrogen-bond acceptors (Lipinski definition) is 4. The van der Waals surface area contributed by atoms with Gasteiger partial charge in [0.25, 0.3) is 0 Å². The minimum atomic E-state index is -0.700. The van der Waals surface area contributed by atoms with Crippen molar-refractivity contribution in [2.24, 2.45) is 10.2 Å². The Labute approximate surface area is 129 Å². The summed E-state index contributed by atoms with van der Waals surface area (Å²) in [4.78, 5) is 0. The predicted octanol–water partition coefficient (Wildman–Crippen LogP) is 4.54. The summed E-state index contributed by atoms with van der Waals surface area (Å²) in [6.45, 7) is 3.63. The number of nitrogens with zero attached hydrogens (tertiary/aromatic N) is 3. The van der Waals surface area contributed by atoms with Crippen LogP contribution in [0.2, 0.25) is 0 Å². The summed E-state index contributed by atoms with van der Waals surface area (Å²) >= 11 is 6.05. The number of thiocarbonyl (C=S) groups is 1. The van der Waals surface area contributed by atoms with E-state index in [0.717, 1.165) is 12.1 Å². The number of allylic oxidation sites excluding steroid dienone is 1. The summed E-state index contributed by atoms with van der Waals surface area (Å²) in [6, 6.07) is 1.96. The number of aromatic hydroxyl groups is 1. The van der Waals surface area contributed by atoms with E-state index in [0.29, 0.717) is 0 Å². The van der Waals surface area contributed by atoms with E-state index >= 15 is 0 Å². The summed E-state index contributed by atoms with van der Waals surface area (Å²) in [5.74, 6) is -1.76. The molecule has 0 bridgehead atoms. The molecule has 1 N–H and O–H groups in total. The van der Waals surface area contributed by atoms with Gasteiger partial charge in [0.15, 0.2) is 10.0 Å². The van der Waals surface area contributed by atoms with Crippen LogP contribution in [0.3, 0.4) is 0 Å². The van der Waals surface area contributed by atoms with Crippen molar-refractivity contribution in [2.45, 2.75) is 6.54 Å². The van der Waals surface area contributed by atoms with Gasteiger partial charge in [-0.05, 0) is 30.6 Å². The molecule has 0 atom stereocenters. The highest BCUT2D eigenvalue weighted by Crippen LogP contribution is 2.41. The first kappa shape index (κ1) is 15.6. The molecular weight excluding hydrogens is 316 g/mol. The van der Waals surface area contributed by atoms with E-state index in [4.69, 9.17) is 12.2 Å². The highest BCUT2D eigenvalue weighted by molar-refractivity contribution is 8.22. The molecule has 0 amide bonds. The van der Waals surface area contributed by atoms with E-state index in [1.807, 2.05) is 0 Å². The summed E-state index contributed by atoms with van der Waals surface area (Å²) in [5, 5.41) is 17.5. The maximum absolute atomic E-state index is 14.0. The minimum absolute atomic E-state index is 0.0866. The number of aromatic nitrogens is 1. The second kappa shape index (κ2) is 6.31. The molecule has 0 radical (unpaired) electrons. The molecule has 0 saturated heterocycles. The van der Waals surface area contributed by atoms with Crippen molar-refractivity contribution in [3.05, 3.63) is 36.4 Å². The average Bonchev–Trinajstić information content (AvgIpc) is 2.75. The van der Waals surface area contributed by atoms with Crippen LogP contribution in [0.4, 0.5) is 14.5 Å². The molecule has 21 heavy (non-hydrogen) atoms. The van der Waals surface area contributed by atoms with Crippen molar-refractivity contribution in [2.75, 3.05) is 6.26 Å². The quantitative estimate of drug-likeness (QED) is 0.511. The lowest BCUT2D eigenvalue weighted by atomic mass is 10.2. The fraction of sp³-hybridized carbons (Fsp3) is 0.154. The van der Waals surface area contributed by atoms with E-state index in [9.17, 15) is 13.9 Å². The maximum Gasteiger partial charge on any atom is 0.221 e. The Bertz CT molecular complexity index is 756. The molecule has 2 rings (SSSR count). The number of azo groups is 1. The van der Waals surface area contributed by atoms with Gasteiger partial charge in [0, 0.05) is 6.54 Å². The molecule has 0 aliphatic carbocycles. The predicted molar refractivity (Wildman–Crippen MR) is 84.3 cm³/mol. The molecule has 1 heterocycles. The van der Waals surface area contributed by atoms with Gasteiger partial charge in [-0.25, -0.2) is 8.78 Å². The van der Waals surface area contributed by atoms with E-state index in [1.54, 1.807) is 6.26 Å². The molecule has 0 unspecified atom stereocenters. The van der Waals surface area contributed by atoms with E-state index < -0.39 is 11.6 Å². The molecule has 8 heteroatoms. The van der Waals surface area contributed by atoms with Gasteiger partial charge in [0.1, 0.15) is 11.6 Å². The van der Waals surface area contributed by atoms with Gasteiger partial charge in [0.05, 0.1) is 10.9 Å². The van der Waals surface area contributed by atoms with Crippen LogP contribution in [0.15, 0.2) is 35.0 Å². The highest BCUT2D eigenvalue weighted by atomic mass is 32.2. The SMILES string of the molecule is C=CCn1c(O)c(N=NC(=S)SC)c2c(F)ccc(F)c21. The minimum Gasteiger partial charge on any atom is -0.493 e. The molecule has 4 nitrogen and oxygen atoms in total. The zero-order chi connectivity index (χ0) is 15.6. The molecule has 0 aliphatic heterocycles. The normalized spacial score (nSPS) is 11.4. The second-order valence-electron chi connectivity index (χ2n) is 3.99. The van der Waals surface area contributed by atoms with Gasteiger partial charge < -0.3 is 9.67 Å². The largest absolute Gasteiger partial charge is 0.493 e. The monoisotopic (exact) mass is 327 g/mol. The molecule has 0 fully saturated rings. The summed E-state index contributed by atoms with van der Waals surface area (Å²) in [5.41, 5.74) is -0.239. The smallest absolute Gasteiger partial charge is 0.221 e. The third-order valence-electron chi connectivity index (χ3n) is 2.77. The van der Waals surface area contributed by atoms with Crippen LogP contribution in [0.5, 0.6) is 5.88 Å². The second-order valence-corrected chi connectivity index (χ2v) is 5.43. The van der Waals surface area contributed by atoms with Gasteiger partial charge >= 0.3 is 0 Å². The first-order valence-corrected chi connectivity index (χ1v) is 7.44. The topological polar surface area (TPSA) is 49.9 Å². The number of fused-ring (bicyclic) bond motifs is 1. The van der Waals surface area contributed by atoms with Crippen molar-refractivity contribution in [1.29, 1.82) is 0 Å². The Hall–Kier alpha value is -1.80. The third-order valence-corrected chi connectivity index (χ3v) is 3.78. The summed E-state index contributed by atoms with van der Waals surface area (Å²) in [7, 11) is 0. The van der Waals surface area contributed by atoms with Crippen LogP contribution in [0, 0.1) is 11.6 Å². The lowest BCUT2D eigenvalue weighted by Gasteiger charge is -2.03. The summed E-state index contributed by atoms with van der Waals surface area (Å²) in [6.07, 6.45) is 3.17. The fourth-order valence-corrected chi connectivity index (χ4v) is 2.07. The van der Waals surface area contributed by atoms with Gasteiger partial charge in [-0.3, -0.25) is 0 Å². The van der Waals surface area contributed by atoms with E-state index in [1.165, 1.54) is 22.4 Å². The van der Waals surface area contributed by atoms with Crippen LogP contribution < -0.4 is 0 Å². The maximum atomic E-state index is 14.0. The molecule has 0 spiro atoms. The molecular formula is C13H11F2N3OS2. The number of thioether (sulfide) groups is 1. The molecule has 0 aliphatic rings. The van der Waals surface area contributed by atoms with Crippen molar-refractivity contribution in [3.63, 3.8) is 0 Å². The lowest BCUT2D eigenvalue weighted by molar-refractivity contribution is 0.429. The molecule has 1 aromatic carbocycles. The molecule has 0 saturated carbocycles. The number of hydrogen-bond donors (Lipinski definition) is 1. The van der Waals surface area contributed by atoms with Crippen LogP contribution in [0.1, 0.15) is 0 Å². The van der Waals surface area contributed by atoms with Crippen molar-refractivity contribution >= 4 is 44.9 Å². The third kappa shape index (κ3) is 2.81. The average molecular weight is 327 g/mol. The zero-order valence-corrected chi connectivity index (χ0v) is 12.6. The molecule has 2 aromatic rings. The van der Waals surface area contributed by atoms with Crippen LogP contribution in [0.25, 0.3) is 10.9 Å². The fourth-order valence-electron chi connectivity index (χ4n) is 1.91. The Morgan fingerprint density at radius 1 is 1.48 bits per heavy atom. The number of rotatable bonds is 3. The Balaban J connectivity index is 2.78. The Kier molecular flexibility index (Phi) is 4.69. The number of benzene rings is 1. The first-order valence-electron chi connectivity index (χ1n) is 5.81. The number of halogens is 2. The van der Waals surface area contributed by atoms with Crippen molar-refractivity contribution < 1.29 is 13.9 Å². The van der Waals surface area contributed by atoms with Gasteiger partial charge in [-0.2, -0.15) is 0 Å². The van der Waals surface area contributed by atoms with E-state index in [2.05, 4.69) is 16.8 Å². The van der Waals surface area contributed by atoms with Gasteiger partial charge in [-0.15, -0.1) is 16.8 Å². The van der Waals surface area contributed by atoms with Gasteiger partial charge in [-0.1, -0.05) is 17.8 Å². The van der Waals surface area contributed by atoms with Crippen LogP contribution >= 0.6 is 24.0 Å². The summed E-state index contributed by atoms with van der Waals surface area (Å²) < 4.78 is 29.4. The van der Waals surface area contributed by atoms with Crippen molar-refractivity contribution in [3.8, 4) is 5.88 Å². The van der Waals surface area contributed by atoms with Crippen LogP contribution in [-0.2, 0) is 6.54 Å². The van der Waals surface area contributed by atoms with Crippen molar-refractivity contribution in [1.82, 2.24) is 4.57 Å². The van der Waals surface area contributed by atoms with Crippen LogP contribution in [-0.4, -0.2) is 20.2 Å². The van der Waals surface area contributed by atoms with E-state index in [-0.39, 0.29) is 33.3 Å².